The Balaban J connectivity index is 1.92. The number of rotatable bonds is 3. The van der Waals surface area contributed by atoms with Crippen LogP contribution in [0, 0.1) is 17.8 Å². The highest BCUT2D eigenvalue weighted by atomic mass is 16.5. The van der Waals surface area contributed by atoms with Crippen LogP contribution in [0.25, 0.3) is 0 Å². The molecule has 1 heterocycles. The minimum Gasteiger partial charge on any atom is -0.381 e. The zero-order valence-electron chi connectivity index (χ0n) is 9.46. The van der Waals surface area contributed by atoms with E-state index in [0.717, 1.165) is 17.8 Å². The molecular formula is C12H23NO. The van der Waals surface area contributed by atoms with E-state index in [4.69, 9.17) is 4.74 Å². The highest BCUT2D eigenvalue weighted by Gasteiger charge is 2.35. The lowest BCUT2D eigenvalue weighted by Gasteiger charge is -2.29. The van der Waals surface area contributed by atoms with Crippen molar-refractivity contribution in [1.29, 1.82) is 0 Å². The maximum Gasteiger partial charge on any atom is 0.0602 e. The third-order valence-corrected chi connectivity index (χ3v) is 4.32. The van der Waals surface area contributed by atoms with Gasteiger partial charge >= 0.3 is 0 Å². The van der Waals surface area contributed by atoms with E-state index in [1.165, 1.54) is 38.8 Å². The zero-order valence-corrected chi connectivity index (χ0v) is 9.46. The number of methoxy groups -OCH3 is 1. The Morgan fingerprint density at radius 1 is 1.29 bits per heavy atom. The van der Waals surface area contributed by atoms with Crippen LogP contribution in [0.3, 0.4) is 0 Å². The van der Waals surface area contributed by atoms with Gasteiger partial charge in [0.15, 0.2) is 0 Å². The van der Waals surface area contributed by atoms with E-state index in [9.17, 15) is 0 Å². The lowest BCUT2D eigenvalue weighted by atomic mass is 9.80. The maximum atomic E-state index is 5.58. The summed E-state index contributed by atoms with van der Waals surface area (Å²) in [5.41, 5.74) is 0. The second-order valence-electron chi connectivity index (χ2n) is 4.98. The van der Waals surface area contributed by atoms with Crippen molar-refractivity contribution in [3.63, 3.8) is 0 Å². The predicted octanol–water partition coefficient (Wildman–Crippen LogP) is 2.05. The molecule has 2 fully saturated rings. The van der Waals surface area contributed by atoms with Gasteiger partial charge in [-0.25, -0.2) is 0 Å². The van der Waals surface area contributed by atoms with Crippen molar-refractivity contribution in [3.8, 4) is 0 Å². The maximum absolute atomic E-state index is 5.58. The summed E-state index contributed by atoms with van der Waals surface area (Å²) in [6.45, 7) is 4.88. The smallest absolute Gasteiger partial charge is 0.0602 e. The quantitative estimate of drug-likeness (QED) is 0.747. The van der Waals surface area contributed by atoms with E-state index in [0.29, 0.717) is 6.10 Å². The van der Waals surface area contributed by atoms with Gasteiger partial charge in [0.2, 0.25) is 0 Å². The molecule has 1 saturated heterocycles. The molecule has 82 valence electrons. The fourth-order valence-electron chi connectivity index (χ4n) is 3.32. The van der Waals surface area contributed by atoms with Crippen LogP contribution in [0.1, 0.15) is 32.6 Å². The number of hydrogen-bond acceptors (Lipinski definition) is 2. The molecule has 0 aromatic heterocycles. The molecule has 2 heteroatoms. The second kappa shape index (κ2) is 4.63. The molecule has 1 aliphatic heterocycles. The lowest BCUT2D eigenvalue weighted by molar-refractivity contribution is 0.0395. The Bertz CT molecular complexity index is 177. The van der Waals surface area contributed by atoms with E-state index in [1.807, 2.05) is 7.11 Å². The van der Waals surface area contributed by atoms with Crippen molar-refractivity contribution < 1.29 is 4.74 Å². The van der Waals surface area contributed by atoms with Gasteiger partial charge in [-0.2, -0.15) is 0 Å². The van der Waals surface area contributed by atoms with Gasteiger partial charge in [0.1, 0.15) is 0 Å². The highest BCUT2D eigenvalue weighted by Crippen LogP contribution is 2.38. The van der Waals surface area contributed by atoms with Crippen molar-refractivity contribution in [1.82, 2.24) is 5.32 Å². The summed E-state index contributed by atoms with van der Waals surface area (Å²) in [6.07, 6.45) is 5.95. The summed E-state index contributed by atoms with van der Waals surface area (Å²) in [5, 5.41) is 3.47. The fraction of sp³-hybridized carbons (Fsp3) is 1.00. The Labute approximate surface area is 87.4 Å². The van der Waals surface area contributed by atoms with Gasteiger partial charge in [-0.15, -0.1) is 0 Å². The van der Waals surface area contributed by atoms with E-state index in [2.05, 4.69) is 12.2 Å². The normalized spacial score (nSPS) is 40.3. The van der Waals surface area contributed by atoms with Crippen LogP contribution in [-0.4, -0.2) is 26.3 Å². The minimum atomic E-state index is 0.547. The van der Waals surface area contributed by atoms with Gasteiger partial charge in [-0.05, 0) is 50.1 Å². The van der Waals surface area contributed by atoms with Gasteiger partial charge in [0.25, 0.3) is 0 Å². The van der Waals surface area contributed by atoms with Crippen LogP contribution < -0.4 is 5.32 Å². The van der Waals surface area contributed by atoms with Crippen molar-refractivity contribution in [2.45, 2.75) is 38.7 Å². The van der Waals surface area contributed by atoms with E-state index < -0.39 is 0 Å². The molecule has 14 heavy (non-hydrogen) atoms. The molecule has 1 N–H and O–H groups in total. The van der Waals surface area contributed by atoms with E-state index in [1.54, 1.807) is 0 Å². The van der Waals surface area contributed by atoms with Crippen LogP contribution in [0.5, 0.6) is 0 Å². The van der Waals surface area contributed by atoms with Crippen LogP contribution >= 0.6 is 0 Å². The van der Waals surface area contributed by atoms with Gasteiger partial charge in [-0.3, -0.25) is 0 Å². The standard InChI is InChI=1S/C12H23NO/c1-9(10-6-7-13-8-10)11-4-3-5-12(11)14-2/h9-13H,3-8H2,1-2H3. The van der Waals surface area contributed by atoms with Crippen molar-refractivity contribution in [2.24, 2.45) is 17.8 Å². The molecule has 0 amide bonds. The summed E-state index contributed by atoms with van der Waals surface area (Å²) < 4.78 is 5.58. The minimum absolute atomic E-state index is 0.547. The number of nitrogens with one attached hydrogen (secondary N) is 1. The first-order valence-corrected chi connectivity index (χ1v) is 6.06. The first-order chi connectivity index (χ1) is 6.83. The lowest BCUT2D eigenvalue weighted by Crippen LogP contribution is -2.29. The molecule has 4 atom stereocenters. The molecule has 2 aliphatic rings. The summed E-state index contributed by atoms with van der Waals surface area (Å²) in [4.78, 5) is 0. The highest BCUT2D eigenvalue weighted by molar-refractivity contribution is 4.87. The van der Waals surface area contributed by atoms with Gasteiger partial charge < -0.3 is 10.1 Å². The molecule has 0 radical (unpaired) electrons. The zero-order chi connectivity index (χ0) is 9.97. The largest absolute Gasteiger partial charge is 0.381 e. The van der Waals surface area contributed by atoms with Crippen LogP contribution in [0.15, 0.2) is 0 Å². The molecule has 0 bridgehead atoms. The molecule has 0 aromatic carbocycles. The average Bonchev–Trinajstić information content (AvgIpc) is 2.87. The fourth-order valence-corrected chi connectivity index (χ4v) is 3.32. The van der Waals surface area contributed by atoms with E-state index >= 15 is 0 Å². The molecule has 2 rings (SSSR count). The summed E-state index contributed by atoms with van der Waals surface area (Å²) in [6, 6.07) is 0. The van der Waals surface area contributed by atoms with Crippen molar-refractivity contribution in [3.05, 3.63) is 0 Å². The first-order valence-electron chi connectivity index (χ1n) is 6.06. The SMILES string of the molecule is COC1CCCC1C(C)C1CCNC1. The first kappa shape index (κ1) is 10.4. The van der Waals surface area contributed by atoms with Crippen LogP contribution in [0.4, 0.5) is 0 Å². The van der Waals surface area contributed by atoms with Crippen LogP contribution in [0.2, 0.25) is 0 Å². The Morgan fingerprint density at radius 2 is 2.14 bits per heavy atom. The van der Waals surface area contributed by atoms with Crippen LogP contribution in [-0.2, 0) is 4.74 Å². The molecule has 1 aliphatic carbocycles. The number of ether oxygens (including phenoxy) is 1. The summed E-state index contributed by atoms with van der Waals surface area (Å²) >= 11 is 0. The van der Waals surface area contributed by atoms with Crippen molar-refractivity contribution >= 4 is 0 Å². The molecule has 0 aromatic rings. The average molecular weight is 197 g/mol. The predicted molar refractivity (Wildman–Crippen MR) is 58.3 cm³/mol. The molecule has 4 unspecified atom stereocenters. The van der Waals surface area contributed by atoms with Crippen molar-refractivity contribution in [2.75, 3.05) is 20.2 Å². The Morgan fingerprint density at radius 3 is 2.79 bits per heavy atom. The third kappa shape index (κ3) is 1.96. The van der Waals surface area contributed by atoms with Gasteiger partial charge in [0, 0.05) is 7.11 Å². The van der Waals surface area contributed by atoms with Gasteiger partial charge in [0.05, 0.1) is 6.10 Å². The number of hydrogen-bond donors (Lipinski definition) is 1. The molecule has 2 nitrogen and oxygen atoms in total. The second-order valence-corrected chi connectivity index (χ2v) is 4.98. The van der Waals surface area contributed by atoms with Gasteiger partial charge in [-0.1, -0.05) is 13.3 Å². The Hall–Kier alpha value is -0.0800. The topological polar surface area (TPSA) is 21.3 Å². The summed E-state index contributed by atoms with van der Waals surface area (Å²) in [5.74, 6) is 2.57. The molecule has 1 saturated carbocycles. The molecule has 0 spiro atoms. The molecular weight excluding hydrogens is 174 g/mol. The van der Waals surface area contributed by atoms with E-state index in [-0.39, 0.29) is 0 Å². The monoisotopic (exact) mass is 197 g/mol. The summed E-state index contributed by atoms with van der Waals surface area (Å²) in [7, 11) is 1.88. The third-order valence-electron chi connectivity index (χ3n) is 4.32. The Kier molecular flexibility index (Phi) is 3.45.